The van der Waals surface area contributed by atoms with E-state index in [1.165, 1.54) is 0 Å². The van der Waals surface area contributed by atoms with E-state index in [1.54, 1.807) is 0 Å². The van der Waals surface area contributed by atoms with Crippen LogP contribution in [0.5, 0.6) is 0 Å². The zero-order valence-corrected chi connectivity index (χ0v) is 23.2. The van der Waals surface area contributed by atoms with E-state index in [0.29, 0.717) is 25.7 Å². The quantitative estimate of drug-likeness (QED) is 0.0971. The van der Waals surface area contributed by atoms with Gasteiger partial charge >= 0.3 is 23.9 Å². The lowest BCUT2D eigenvalue weighted by Crippen LogP contribution is -2.58. The Morgan fingerprint density at radius 1 is 0.634 bits per heavy atom. The van der Waals surface area contributed by atoms with E-state index in [0.717, 1.165) is 5.56 Å². The zero-order chi connectivity index (χ0) is 30.3. The Kier molecular flexibility index (Phi) is 18.4. The molecule has 0 aromatic heterocycles. The van der Waals surface area contributed by atoms with Gasteiger partial charge in [0.05, 0.1) is 58.9 Å². The molecule has 1 rings (SSSR count). The predicted molar refractivity (Wildman–Crippen MR) is 144 cm³/mol. The SMILES string of the molecule is O=C(O)CCOCC(COCCC(=O)O)(COCCC(=O)O)NC(=O)CCCCCCC(=O)OCc1ccccc1. The number of esters is 1. The van der Waals surface area contributed by atoms with Gasteiger partial charge in [0.1, 0.15) is 12.1 Å². The lowest BCUT2D eigenvalue weighted by molar-refractivity contribution is -0.145. The Morgan fingerprint density at radius 2 is 1.10 bits per heavy atom. The highest BCUT2D eigenvalue weighted by molar-refractivity contribution is 5.77. The summed E-state index contributed by atoms with van der Waals surface area (Å²) >= 11 is 0. The van der Waals surface area contributed by atoms with Crippen LogP contribution in [0.1, 0.15) is 63.4 Å². The van der Waals surface area contributed by atoms with Gasteiger partial charge in [-0.15, -0.1) is 0 Å². The second-order valence-corrected chi connectivity index (χ2v) is 9.48. The number of carbonyl (C=O) groups excluding carboxylic acids is 2. The molecule has 4 N–H and O–H groups in total. The molecule has 230 valence electrons. The van der Waals surface area contributed by atoms with Crippen molar-refractivity contribution in [3.63, 3.8) is 0 Å². The van der Waals surface area contributed by atoms with Crippen LogP contribution < -0.4 is 5.32 Å². The van der Waals surface area contributed by atoms with E-state index in [1.807, 2.05) is 30.3 Å². The van der Waals surface area contributed by atoms with Crippen molar-refractivity contribution < 1.29 is 58.2 Å². The number of carbonyl (C=O) groups is 5. The number of hydrogen-bond acceptors (Lipinski definition) is 9. The Labute approximate surface area is 239 Å². The third-order valence-electron chi connectivity index (χ3n) is 5.70. The minimum atomic E-state index is -1.30. The first-order valence-electron chi connectivity index (χ1n) is 13.5. The Hall–Kier alpha value is -3.55. The van der Waals surface area contributed by atoms with Crippen LogP contribution in [-0.4, -0.2) is 90.3 Å². The summed E-state index contributed by atoms with van der Waals surface area (Å²) in [7, 11) is 0. The molecule has 0 saturated carbocycles. The average Bonchev–Trinajstić information content (AvgIpc) is 2.92. The van der Waals surface area contributed by atoms with Gasteiger partial charge in [-0.05, 0) is 18.4 Å². The smallest absolute Gasteiger partial charge is 0.306 e. The summed E-state index contributed by atoms with van der Waals surface area (Å²) < 4.78 is 21.6. The minimum Gasteiger partial charge on any atom is -0.481 e. The molecule has 0 atom stereocenters. The van der Waals surface area contributed by atoms with Gasteiger partial charge in [-0.2, -0.15) is 0 Å². The average molecular weight is 584 g/mol. The van der Waals surface area contributed by atoms with Gasteiger partial charge in [-0.1, -0.05) is 43.2 Å². The number of aliphatic carboxylic acids is 3. The van der Waals surface area contributed by atoms with E-state index in [2.05, 4.69) is 5.32 Å². The van der Waals surface area contributed by atoms with Crippen LogP contribution >= 0.6 is 0 Å². The standard InChI is InChI=1S/C28H41NO12/c30-23(10-6-1-2-7-11-27(37)41-18-22-8-4-3-5-9-22)29-28(19-38-15-12-24(31)32,20-39-16-13-25(33)34)21-40-17-14-26(35)36/h3-5,8-9H,1-2,6-7,10-21H2,(H,29,30)(H,31,32)(H,33,34)(H,35,36). The summed E-state index contributed by atoms with van der Waals surface area (Å²) in [6.07, 6.45) is 2.14. The van der Waals surface area contributed by atoms with E-state index >= 15 is 0 Å². The first kappa shape index (κ1) is 35.5. The number of benzene rings is 1. The summed E-state index contributed by atoms with van der Waals surface area (Å²) in [6.45, 7) is -0.811. The highest BCUT2D eigenvalue weighted by atomic mass is 16.5. The van der Waals surface area contributed by atoms with E-state index in [4.69, 9.17) is 34.3 Å². The topological polar surface area (TPSA) is 195 Å². The van der Waals surface area contributed by atoms with Crippen molar-refractivity contribution in [2.45, 2.75) is 69.9 Å². The first-order valence-corrected chi connectivity index (χ1v) is 13.5. The van der Waals surface area contributed by atoms with Crippen molar-refractivity contribution in [2.75, 3.05) is 39.6 Å². The Bertz CT molecular complexity index is 882. The highest BCUT2D eigenvalue weighted by Gasteiger charge is 2.34. The molecule has 41 heavy (non-hydrogen) atoms. The van der Waals surface area contributed by atoms with Crippen LogP contribution in [0.15, 0.2) is 30.3 Å². The van der Waals surface area contributed by atoms with Crippen LogP contribution in [-0.2, 0) is 49.5 Å². The van der Waals surface area contributed by atoms with Crippen LogP contribution in [0.3, 0.4) is 0 Å². The van der Waals surface area contributed by atoms with Gasteiger partial charge in [0, 0.05) is 12.8 Å². The molecule has 0 aliphatic carbocycles. The molecule has 0 spiro atoms. The Morgan fingerprint density at radius 3 is 1.56 bits per heavy atom. The summed E-state index contributed by atoms with van der Waals surface area (Å²) in [6, 6.07) is 9.37. The maximum Gasteiger partial charge on any atom is 0.306 e. The molecule has 13 heteroatoms. The minimum absolute atomic E-state index is 0.138. The normalized spacial score (nSPS) is 11.1. The fraction of sp³-hybridized carbons (Fsp3) is 0.607. The van der Waals surface area contributed by atoms with Gasteiger partial charge in [-0.25, -0.2) is 0 Å². The molecule has 13 nitrogen and oxygen atoms in total. The van der Waals surface area contributed by atoms with Crippen molar-refractivity contribution in [2.24, 2.45) is 0 Å². The number of nitrogens with one attached hydrogen (secondary N) is 1. The molecule has 1 amide bonds. The number of amides is 1. The van der Waals surface area contributed by atoms with Crippen molar-refractivity contribution in [1.82, 2.24) is 5.32 Å². The zero-order valence-electron chi connectivity index (χ0n) is 23.2. The number of hydrogen-bond donors (Lipinski definition) is 4. The lowest BCUT2D eigenvalue weighted by atomic mass is 10.0. The number of rotatable bonds is 25. The molecular formula is C28H41NO12. The third-order valence-corrected chi connectivity index (χ3v) is 5.70. The van der Waals surface area contributed by atoms with E-state index in [9.17, 15) is 24.0 Å². The van der Waals surface area contributed by atoms with Gasteiger partial charge in [0.2, 0.25) is 5.91 Å². The largest absolute Gasteiger partial charge is 0.481 e. The van der Waals surface area contributed by atoms with Gasteiger partial charge in [0.15, 0.2) is 0 Å². The fourth-order valence-corrected chi connectivity index (χ4v) is 3.59. The monoisotopic (exact) mass is 583 g/mol. The number of carboxylic acids is 3. The van der Waals surface area contributed by atoms with Gasteiger partial charge in [0.25, 0.3) is 0 Å². The molecule has 0 aliphatic rings. The second-order valence-electron chi connectivity index (χ2n) is 9.48. The maximum atomic E-state index is 12.8. The first-order chi connectivity index (χ1) is 19.6. The third kappa shape index (κ3) is 19.2. The van der Waals surface area contributed by atoms with Crippen molar-refractivity contribution >= 4 is 29.8 Å². The predicted octanol–water partition coefficient (Wildman–Crippen LogP) is 2.40. The van der Waals surface area contributed by atoms with Crippen LogP contribution in [0.4, 0.5) is 0 Å². The van der Waals surface area contributed by atoms with Gasteiger partial charge in [-0.3, -0.25) is 24.0 Å². The Balaban J connectivity index is 2.56. The molecule has 0 heterocycles. The number of unbranched alkanes of at least 4 members (excludes halogenated alkanes) is 3. The lowest BCUT2D eigenvalue weighted by Gasteiger charge is -2.34. The van der Waals surface area contributed by atoms with E-state index < -0.39 is 23.4 Å². The molecule has 0 aliphatic heterocycles. The molecule has 1 aromatic carbocycles. The highest BCUT2D eigenvalue weighted by Crippen LogP contribution is 2.13. The summed E-state index contributed by atoms with van der Waals surface area (Å²) in [5, 5.41) is 29.4. The molecular weight excluding hydrogens is 542 g/mol. The van der Waals surface area contributed by atoms with Crippen LogP contribution in [0.25, 0.3) is 0 Å². The molecule has 0 saturated heterocycles. The number of ether oxygens (including phenoxy) is 4. The summed E-state index contributed by atoms with van der Waals surface area (Å²) in [5.74, 6) is -3.86. The molecule has 0 bridgehead atoms. The fourth-order valence-electron chi connectivity index (χ4n) is 3.59. The molecule has 1 aromatic rings. The van der Waals surface area contributed by atoms with Crippen molar-refractivity contribution in [3.8, 4) is 0 Å². The molecule has 0 radical (unpaired) electrons. The van der Waals surface area contributed by atoms with Gasteiger partial charge < -0.3 is 39.6 Å². The summed E-state index contributed by atoms with van der Waals surface area (Å²) in [4.78, 5) is 57.2. The summed E-state index contributed by atoms with van der Waals surface area (Å²) in [5.41, 5.74) is -0.385. The molecule has 0 unspecified atom stereocenters. The number of carboxylic acid groups (broad SMARTS) is 3. The van der Waals surface area contributed by atoms with Crippen molar-refractivity contribution in [3.05, 3.63) is 35.9 Å². The maximum absolute atomic E-state index is 12.8. The molecule has 0 fully saturated rings. The second kappa shape index (κ2) is 21.2. The van der Waals surface area contributed by atoms with Crippen molar-refractivity contribution in [1.29, 1.82) is 0 Å². The van der Waals surface area contributed by atoms with E-state index in [-0.39, 0.29) is 90.2 Å². The van der Waals surface area contributed by atoms with Crippen LogP contribution in [0.2, 0.25) is 0 Å². The van der Waals surface area contributed by atoms with Crippen LogP contribution in [0, 0.1) is 0 Å².